The van der Waals surface area contributed by atoms with Gasteiger partial charge in [-0.25, -0.2) is 8.78 Å². The van der Waals surface area contributed by atoms with Crippen LogP contribution in [0.3, 0.4) is 0 Å². The van der Waals surface area contributed by atoms with Crippen molar-refractivity contribution >= 4 is 33.1 Å². The predicted molar refractivity (Wildman–Crippen MR) is 206 cm³/mol. The SMILES string of the molecule is CN1CCC(COc2ccn(-c3ccc(F)cc3)c(=O)c2C(=O)Nc2ccc(Oc3ccnc4cc(-c5ccc(CN6CCOCC6)cn5)sc34)c(F)c2)C1. The number of ether oxygens (including phenoxy) is 3. The van der Waals surface area contributed by atoms with Crippen LogP contribution in [0, 0.1) is 17.6 Å². The zero-order chi connectivity index (χ0) is 37.9. The van der Waals surface area contributed by atoms with Crippen molar-refractivity contribution in [2.24, 2.45) is 5.92 Å². The Kier molecular flexibility index (Phi) is 10.6. The Morgan fingerprint density at radius 2 is 1.80 bits per heavy atom. The molecule has 1 unspecified atom stereocenters. The highest BCUT2D eigenvalue weighted by Crippen LogP contribution is 2.39. The highest BCUT2D eigenvalue weighted by molar-refractivity contribution is 7.22. The summed E-state index contributed by atoms with van der Waals surface area (Å²) in [5.74, 6) is -1.27. The first-order valence-electron chi connectivity index (χ1n) is 18.0. The van der Waals surface area contributed by atoms with Crippen molar-refractivity contribution in [2.45, 2.75) is 13.0 Å². The maximum Gasteiger partial charge on any atom is 0.271 e. The number of hydrogen-bond acceptors (Lipinski definition) is 10. The Morgan fingerprint density at radius 3 is 2.55 bits per heavy atom. The van der Waals surface area contributed by atoms with Crippen molar-refractivity contribution < 1.29 is 27.8 Å². The maximum absolute atomic E-state index is 15.6. The quantitative estimate of drug-likeness (QED) is 0.149. The lowest BCUT2D eigenvalue weighted by Gasteiger charge is -2.26. The van der Waals surface area contributed by atoms with Gasteiger partial charge in [0.25, 0.3) is 11.5 Å². The molecule has 2 aromatic carbocycles. The summed E-state index contributed by atoms with van der Waals surface area (Å²) in [6, 6.07) is 18.6. The maximum atomic E-state index is 15.6. The number of halogens is 2. The van der Waals surface area contributed by atoms with Crippen LogP contribution in [0.1, 0.15) is 22.3 Å². The van der Waals surface area contributed by atoms with Crippen molar-refractivity contribution in [3.05, 3.63) is 125 Å². The van der Waals surface area contributed by atoms with E-state index in [1.807, 2.05) is 25.4 Å². The summed E-state index contributed by atoms with van der Waals surface area (Å²) in [5, 5.41) is 2.65. The number of pyridine rings is 3. The normalized spacial score (nSPS) is 16.4. The molecule has 6 aromatic rings. The molecular formula is C41H38F2N6O5S. The molecule has 6 heterocycles. The number of fused-ring (bicyclic) bond motifs is 1. The lowest BCUT2D eigenvalue weighted by molar-refractivity contribution is 0.0341. The Labute approximate surface area is 319 Å². The zero-order valence-electron chi connectivity index (χ0n) is 30.0. The van der Waals surface area contributed by atoms with E-state index in [2.05, 4.69) is 26.2 Å². The molecule has 11 nitrogen and oxygen atoms in total. The summed E-state index contributed by atoms with van der Waals surface area (Å²) in [5.41, 5.74) is 2.16. The second-order valence-electron chi connectivity index (χ2n) is 13.7. The number of nitrogens with zero attached hydrogens (tertiary/aromatic N) is 5. The molecule has 1 N–H and O–H groups in total. The monoisotopic (exact) mass is 764 g/mol. The largest absolute Gasteiger partial charge is 0.492 e. The molecule has 2 aliphatic rings. The minimum absolute atomic E-state index is 0.0602. The van der Waals surface area contributed by atoms with E-state index in [1.165, 1.54) is 58.5 Å². The van der Waals surface area contributed by atoms with Crippen molar-refractivity contribution in [3.8, 4) is 33.5 Å². The van der Waals surface area contributed by atoms with Gasteiger partial charge in [0.15, 0.2) is 11.6 Å². The molecule has 8 rings (SSSR count). The zero-order valence-corrected chi connectivity index (χ0v) is 30.9. The average molecular weight is 765 g/mol. The molecule has 0 saturated carbocycles. The van der Waals surface area contributed by atoms with Crippen LogP contribution in [0.25, 0.3) is 26.5 Å². The van der Waals surface area contributed by atoms with Gasteiger partial charge in [-0.2, -0.15) is 0 Å². The van der Waals surface area contributed by atoms with E-state index in [0.29, 0.717) is 23.6 Å². The first kappa shape index (κ1) is 36.4. The number of benzene rings is 2. The molecule has 282 valence electrons. The van der Waals surface area contributed by atoms with Crippen LogP contribution in [0.15, 0.2) is 96.2 Å². The number of anilines is 1. The summed E-state index contributed by atoms with van der Waals surface area (Å²) in [6.07, 6.45) is 5.90. The van der Waals surface area contributed by atoms with E-state index in [4.69, 9.17) is 19.2 Å². The smallest absolute Gasteiger partial charge is 0.271 e. The van der Waals surface area contributed by atoms with Crippen LogP contribution < -0.4 is 20.3 Å². The summed E-state index contributed by atoms with van der Waals surface area (Å²) in [4.78, 5) is 42.2. The van der Waals surface area contributed by atoms with E-state index in [-0.39, 0.29) is 28.7 Å². The molecule has 0 bridgehead atoms. The fraction of sp³-hybridized carbons (Fsp3) is 0.268. The number of morpholine rings is 1. The van der Waals surface area contributed by atoms with Crippen molar-refractivity contribution in [1.82, 2.24) is 24.3 Å². The molecule has 14 heteroatoms. The highest BCUT2D eigenvalue weighted by Gasteiger charge is 2.25. The Balaban J connectivity index is 0.997. The molecular weight excluding hydrogens is 727 g/mol. The van der Waals surface area contributed by atoms with E-state index in [9.17, 15) is 14.0 Å². The molecule has 0 aliphatic carbocycles. The highest BCUT2D eigenvalue weighted by atomic mass is 32.1. The number of nitrogens with one attached hydrogen (secondary N) is 1. The Bertz CT molecular complexity index is 2380. The van der Waals surface area contributed by atoms with Crippen molar-refractivity contribution in [1.29, 1.82) is 0 Å². The number of carbonyl (C=O) groups excluding carboxylic acids is 1. The molecule has 4 aromatic heterocycles. The lowest BCUT2D eigenvalue weighted by Crippen LogP contribution is -2.35. The summed E-state index contributed by atoms with van der Waals surface area (Å²) < 4.78 is 48.8. The predicted octanol–water partition coefficient (Wildman–Crippen LogP) is 6.99. The Hall–Kier alpha value is -5.54. The fourth-order valence-corrected chi connectivity index (χ4v) is 7.84. The van der Waals surface area contributed by atoms with E-state index in [1.54, 1.807) is 18.3 Å². The topological polar surface area (TPSA) is 111 Å². The van der Waals surface area contributed by atoms with Crippen LogP contribution in [0.2, 0.25) is 0 Å². The molecule has 0 spiro atoms. The van der Waals surface area contributed by atoms with Gasteiger partial charge in [-0.1, -0.05) is 6.07 Å². The van der Waals surface area contributed by atoms with Crippen LogP contribution in [0.4, 0.5) is 14.5 Å². The standard InChI is InChI=1S/C41H38F2N6O5S/c1-47-14-11-27(23-47)25-53-35-12-15-49(30-6-3-28(42)4-7-30)41(51)38(35)40(50)46-29-5-9-34(31(43)20-29)54-36-10-13-44-33-21-37(55-39(33)36)32-8-2-26(22-45-32)24-48-16-18-52-19-17-48/h2-10,12-13,15,20-22,27H,11,14,16-19,23-25H2,1H3,(H,46,50). The summed E-state index contributed by atoms with van der Waals surface area (Å²) >= 11 is 1.45. The lowest BCUT2D eigenvalue weighted by atomic mass is 10.1. The third-order valence-corrected chi connectivity index (χ3v) is 10.9. The van der Waals surface area contributed by atoms with Crippen molar-refractivity contribution in [2.75, 3.05) is 58.4 Å². The van der Waals surface area contributed by atoms with E-state index in [0.717, 1.165) is 79.3 Å². The van der Waals surface area contributed by atoms with Gasteiger partial charge in [-0.05, 0) is 80.2 Å². The van der Waals surface area contributed by atoms with Gasteiger partial charge in [0.2, 0.25) is 0 Å². The number of aromatic nitrogens is 3. The molecule has 2 saturated heterocycles. The molecule has 2 aliphatic heterocycles. The van der Waals surface area contributed by atoms with Gasteiger partial charge < -0.3 is 24.4 Å². The fourth-order valence-electron chi connectivity index (χ4n) is 6.80. The van der Waals surface area contributed by atoms with Crippen LogP contribution in [-0.4, -0.2) is 83.3 Å². The second-order valence-corrected chi connectivity index (χ2v) is 14.8. The van der Waals surface area contributed by atoms with Gasteiger partial charge in [0.05, 0.1) is 40.6 Å². The number of carbonyl (C=O) groups is 1. The van der Waals surface area contributed by atoms with Gasteiger partial charge in [0.1, 0.15) is 22.9 Å². The summed E-state index contributed by atoms with van der Waals surface area (Å²) in [6.45, 7) is 6.17. The second kappa shape index (κ2) is 16.1. The number of likely N-dealkylation sites (tertiary alicyclic amines) is 1. The molecule has 55 heavy (non-hydrogen) atoms. The minimum Gasteiger partial charge on any atom is -0.492 e. The van der Waals surface area contributed by atoms with E-state index >= 15 is 4.39 Å². The summed E-state index contributed by atoms with van der Waals surface area (Å²) in [7, 11) is 2.03. The number of thiophene rings is 1. The first-order valence-corrected chi connectivity index (χ1v) is 18.8. The first-order chi connectivity index (χ1) is 26.8. The van der Waals surface area contributed by atoms with Gasteiger partial charge >= 0.3 is 0 Å². The van der Waals surface area contributed by atoms with Gasteiger partial charge in [-0.15, -0.1) is 11.3 Å². The van der Waals surface area contributed by atoms with Crippen molar-refractivity contribution in [3.63, 3.8) is 0 Å². The average Bonchev–Trinajstić information content (AvgIpc) is 3.83. The molecule has 0 radical (unpaired) electrons. The number of hydrogen-bond donors (Lipinski definition) is 1. The van der Waals surface area contributed by atoms with Crippen LogP contribution in [0.5, 0.6) is 17.2 Å². The third-order valence-electron chi connectivity index (χ3n) is 9.72. The van der Waals surface area contributed by atoms with Crippen LogP contribution >= 0.6 is 11.3 Å². The van der Waals surface area contributed by atoms with Gasteiger partial charge in [0, 0.05) is 74.2 Å². The number of rotatable bonds is 11. The number of amides is 1. The molecule has 1 amide bonds. The van der Waals surface area contributed by atoms with E-state index < -0.39 is 23.1 Å². The minimum atomic E-state index is -0.780. The Morgan fingerprint density at radius 1 is 0.964 bits per heavy atom. The molecule has 2 fully saturated rings. The van der Waals surface area contributed by atoms with Crippen LogP contribution in [-0.2, 0) is 11.3 Å². The third kappa shape index (κ3) is 8.27. The molecule has 1 atom stereocenters. The van der Waals surface area contributed by atoms with Gasteiger partial charge in [-0.3, -0.25) is 29.0 Å².